The minimum Gasteiger partial charge on any atom is -0.491 e. The Morgan fingerprint density at radius 1 is 1.07 bits per heavy atom. The highest BCUT2D eigenvalue weighted by atomic mass is 19.4. The lowest BCUT2D eigenvalue weighted by molar-refractivity contribution is -0.274. The fraction of sp³-hybridized carbons (Fsp3) is 0.278. The first-order chi connectivity index (χ1) is 13.4. The van der Waals surface area contributed by atoms with E-state index in [2.05, 4.69) is 19.9 Å². The van der Waals surface area contributed by atoms with E-state index in [9.17, 15) is 18.3 Å². The summed E-state index contributed by atoms with van der Waals surface area (Å²) in [5.41, 5.74) is 1.34. The first kappa shape index (κ1) is 18.1. The zero-order valence-corrected chi connectivity index (χ0v) is 14.3. The summed E-state index contributed by atoms with van der Waals surface area (Å²) in [4.78, 5) is 8.30. The molecule has 2 heterocycles. The van der Waals surface area contributed by atoms with Gasteiger partial charge in [-0.15, -0.1) is 13.2 Å². The molecule has 1 aliphatic carbocycles. The molecule has 4 rings (SSSR count). The zero-order chi connectivity index (χ0) is 19.7. The summed E-state index contributed by atoms with van der Waals surface area (Å²) in [6, 6.07) is 7.20. The second-order valence-corrected chi connectivity index (χ2v) is 6.31. The van der Waals surface area contributed by atoms with Gasteiger partial charge in [0, 0.05) is 0 Å². The summed E-state index contributed by atoms with van der Waals surface area (Å²) in [5, 5.41) is 12.5. The molecule has 1 aromatic carbocycles. The number of ether oxygens (including phenoxy) is 2. The van der Waals surface area contributed by atoms with Crippen LogP contribution in [0.25, 0.3) is 11.5 Å². The average Bonchev–Trinajstić information content (AvgIpc) is 3.04. The second-order valence-electron chi connectivity index (χ2n) is 6.31. The van der Waals surface area contributed by atoms with Crippen molar-refractivity contribution in [3.63, 3.8) is 0 Å². The van der Waals surface area contributed by atoms with Crippen LogP contribution in [-0.4, -0.2) is 32.7 Å². The van der Waals surface area contributed by atoms with Crippen LogP contribution in [-0.2, 0) is 0 Å². The van der Waals surface area contributed by atoms with Crippen LogP contribution in [0.1, 0.15) is 24.3 Å². The van der Waals surface area contributed by atoms with Gasteiger partial charge in [-0.1, -0.05) is 12.1 Å². The lowest BCUT2D eigenvalue weighted by Crippen LogP contribution is -2.32. The average molecular weight is 393 g/mol. The molecular weight excluding hydrogens is 379 g/mol. The number of hydrogen-bond acceptors (Lipinski definition) is 7. The Morgan fingerprint density at radius 2 is 1.82 bits per heavy atom. The fourth-order valence-electron chi connectivity index (χ4n) is 2.94. The Balaban J connectivity index is 1.29. The summed E-state index contributed by atoms with van der Waals surface area (Å²) in [6.07, 6.45) is -0.402. The van der Waals surface area contributed by atoms with Crippen molar-refractivity contribution < 1.29 is 32.3 Å². The lowest BCUT2D eigenvalue weighted by Gasteiger charge is -2.35. The monoisotopic (exact) mass is 393 g/mol. The number of halogens is 3. The van der Waals surface area contributed by atoms with Crippen molar-refractivity contribution in [1.29, 1.82) is 0 Å². The molecule has 1 aliphatic rings. The van der Waals surface area contributed by atoms with E-state index in [-0.39, 0.29) is 23.7 Å². The fourth-order valence-corrected chi connectivity index (χ4v) is 2.94. The molecule has 2 aromatic heterocycles. The number of aromatic hydroxyl groups is 1. The molecule has 0 aliphatic heterocycles. The van der Waals surface area contributed by atoms with Crippen LogP contribution in [0.4, 0.5) is 13.2 Å². The Morgan fingerprint density at radius 3 is 2.39 bits per heavy atom. The van der Waals surface area contributed by atoms with Crippen LogP contribution in [0, 0.1) is 0 Å². The van der Waals surface area contributed by atoms with Gasteiger partial charge in [0.1, 0.15) is 17.5 Å². The van der Waals surface area contributed by atoms with Gasteiger partial charge >= 0.3 is 6.36 Å². The highest BCUT2D eigenvalue weighted by Gasteiger charge is 2.33. The number of rotatable bonds is 5. The normalized spacial score (nSPS) is 19.1. The topological polar surface area (TPSA) is 90.5 Å². The first-order valence-corrected chi connectivity index (χ1v) is 8.36. The van der Waals surface area contributed by atoms with Gasteiger partial charge in [-0.3, -0.25) is 0 Å². The molecule has 7 nitrogen and oxygen atoms in total. The molecule has 1 fully saturated rings. The van der Waals surface area contributed by atoms with Gasteiger partial charge in [-0.05, 0) is 41.6 Å². The summed E-state index contributed by atoms with van der Waals surface area (Å²) >= 11 is 0. The van der Waals surface area contributed by atoms with E-state index in [4.69, 9.17) is 9.26 Å². The smallest absolute Gasteiger partial charge is 0.491 e. The van der Waals surface area contributed by atoms with Gasteiger partial charge in [0.2, 0.25) is 5.88 Å². The van der Waals surface area contributed by atoms with Crippen LogP contribution in [0.3, 0.4) is 0 Å². The van der Waals surface area contributed by atoms with Gasteiger partial charge < -0.3 is 19.1 Å². The molecule has 0 saturated heterocycles. The van der Waals surface area contributed by atoms with Gasteiger partial charge in [-0.2, -0.15) is 0 Å². The first-order valence-electron chi connectivity index (χ1n) is 8.36. The predicted molar refractivity (Wildman–Crippen MR) is 88.7 cm³/mol. The van der Waals surface area contributed by atoms with Crippen LogP contribution >= 0.6 is 0 Å². The van der Waals surface area contributed by atoms with Crippen LogP contribution in [0.2, 0.25) is 0 Å². The van der Waals surface area contributed by atoms with Crippen molar-refractivity contribution in [3.05, 3.63) is 48.3 Å². The van der Waals surface area contributed by atoms with Gasteiger partial charge in [0.25, 0.3) is 5.88 Å². The van der Waals surface area contributed by atoms with E-state index >= 15 is 0 Å². The second kappa shape index (κ2) is 7.02. The molecule has 1 N–H and O–H groups in total. The van der Waals surface area contributed by atoms with Crippen LogP contribution < -0.4 is 9.47 Å². The highest BCUT2D eigenvalue weighted by Crippen LogP contribution is 2.39. The third-order valence-corrected chi connectivity index (χ3v) is 4.35. The lowest BCUT2D eigenvalue weighted by atomic mass is 9.77. The van der Waals surface area contributed by atoms with Crippen molar-refractivity contribution in [2.24, 2.45) is 0 Å². The van der Waals surface area contributed by atoms with E-state index in [0.717, 1.165) is 18.4 Å². The molecule has 0 atom stereocenters. The van der Waals surface area contributed by atoms with E-state index < -0.39 is 6.36 Å². The van der Waals surface area contributed by atoms with Crippen LogP contribution in [0.5, 0.6) is 17.5 Å². The molecule has 1 saturated carbocycles. The molecule has 0 amide bonds. The number of nitrogens with zero attached hydrogens (tertiary/aromatic N) is 3. The molecule has 28 heavy (non-hydrogen) atoms. The Kier molecular flexibility index (Phi) is 4.54. The quantitative estimate of drug-likeness (QED) is 0.699. The Hall–Kier alpha value is -3.30. The maximum atomic E-state index is 12.2. The van der Waals surface area contributed by atoms with Crippen molar-refractivity contribution >= 4 is 0 Å². The third kappa shape index (κ3) is 4.16. The molecule has 0 spiro atoms. The highest BCUT2D eigenvalue weighted by molar-refractivity contribution is 5.51. The summed E-state index contributed by atoms with van der Waals surface area (Å²) < 4.78 is 51.1. The van der Waals surface area contributed by atoms with Gasteiger partial charge in [-0.25, -0.2) is 9.97 Å². The maximum Gasteiger partial charge on any atom is 0.573 e. The molecular formula is C18H14F3N3O4. The Labute approximate surface area is 156 Å². The number of alkyl halides is 3. The standard InChI is InChI=1S/C18H14F3N3O4/c19-18(20,21)27-12-3-1-10(2-4-12)11-5-13(6-11)26-17-9-22-14(8-23-17)15-7-16(25)24-28-15/h1-4,7-9,11,13H,5-6H2,(H,24,25)/t11-,13+. The van der Waals surface area contributed by atoms with Crippen molar-refractivity contribution in [2.75, 3.05) is 0 Å². The Bertz CT molecular complexity index is 936. The van der Waals surface area contributed by atoms with Crippen molar-refractivity contribution in [2.45, 2.75) is 31.2 Å². The number of hydrogen-bond donors (Lipinski definition) is 1. The molecule has 3 aromatic rings. The summed E-state index contributed by atoms with van der Waals surface area (Å²) in [5.74, 6) is 0.367. The predicted octanol–water partition coefficient (Wildman–Crippen LogP) is 4.06. The molecule has 146 valence electrons. The molecule has 0 unspecified atom stereocenters. The van der Waals surface area contributed by atoms with E-state index in [1.807, 2.05) is 0 Å². The minimum absolute atomic E-state index is 0.0504. The minimum atomic E-state index is -4.69. The van der Waals surface area contributed by atoms with E-state index in [0.29, 0.717) is 17.3 Å². The van der Waals surface area contributed by atoms with Crippen LogP contribution in [0.15, 0.2) is 47.2 Å². The molecule has 10 heteroatoms. The zero-order valence-electron chi connectivity index (χ0n) is 14.3. The van der Waals surface area contributed by atoms with Crippen molar-refractivity contribution in [1.82, 2.24) is 15.1 Å². The summed E-state index contributed by atoms with van der Waals surface area (Å²) in [6.45, 7) is 0. The largest absolute Gasteiger partial charge is 0.573 e. The third-order valence-electron chi connectivity index (χ3n) is 4.35. The van der Waals surface area contributed by atoms with Gasteiger partial charge in [0.05, 0.1) is 18.5 Å². The summed E-state index contributed by atoms with van der Waals surface area (Å²) in [7, 11) is 0. The molecule has 0 bridgehead atoms. The van der Waals surface area contributed by atoms with E-state index in [1.54, 1.807) is 12.1 Å². The maximum absolute atomic E-state index is 12.2. The SMILES string of the molecule is Oc1cc(-c2cnc(O[C@H]3C[C@@H](c4ccc(OC(F)(F)F)cc4)C3)cn2)on1. The van der Waals surface area contributed by atoms with Gasteiger partial charge in [0.15, 0.2) is 5.76 Å². The number of benzene rings is 1. The van der Waals surface area contributed by atoms with E-state index in [1.165, 1.54) is 30.6 Å². The number of aromatic nitrogens is 3. The molecule has 0 radical (unpaired) electrons. The van der Waals surface area contributed by atoms with Crippen molar-refractivity contribution in [3.8, 4) is 29.0 Å².